The fraction of sp³-hybridized carbons (Fsp3) is 0.929. The highest BCUT2D eigenvalue weighted by molar-refractivity contribution is 7.45. The van der Waals surface area contributed by atoms with E-state index in [1.165, 1.54) is 244 Å². The summed E-state index contributed by atoms with van der Waals surface area (Å²) in [6, 6.07) is 0. The van der Waals surface area contributed by atoms with Crippen molar-refractivity contribution in [2.45, 2.75) is 290 Å². The number of hydrogen-bond acceptors (Lipinski definition) is 6. The Balaban J connectivity index is 4.03. The van der Waals surface area contributed by atoms with E-state index in [1.54, 1.807) is 12.5 Å². The van der Waals surface area contributed by atoms with E-state index in [0.29, 0.717) is 11.0 Å². The smallest absolute Gasteiger partial charge is 0.268 e. The van der Waals surface area contributed by atoms with Crippen LogP contribution in [0.15, 0.2) is 24.7 Å². The molecule has 8 heteroatoms. The molecule has 0 aromatic heterocycles. The lowest BCUT2D eigenvalue weighted by Gasteiger charge is -2.28. The number of allylic oxidation sites excluding steroid dienone is 2. The molecule has 382 valence electrons. The number of nitrogens with zero attached hydrogens (tertiary/aromatic N) is 1. The molecule has 7 nitrogen and oxygen atoms in total. The first kappa shape index (κ1) is 63.1. The first-order valence-electron chi connectivity index (χ1n) is 28.2. The van der Waals surface area contributed by atoms with Crippen LogP contribution >= 0.6 is 7.82 Å². The van der Waals surface area contributed by atoms with E-state index in [9.17, 15) is 9.46 Å². The Bertz CT molecular complexity index is 1020. The van der Waals surface area contributed by atoms with Gasteiger partial charge in [-0.3, -0.25) is 4.57 Å². The maximum absolute atomic E-state index is 12.4. The van der Waals surface area contributed by atoms with E-state index in [-0.39, 0.29) is 19.8 Å². The van der Waals surface area contributed by atoms with Crippen LogP contribution in [0, 0.1) is 0 Å². The highest BCUT2D eigenvalue weighted by atomic mass is 31.2. The van der Waals surface area contributed by atoms with Gasteiger partial charge < -0.3 is 27.9 Å². The van der Waals surface area contributed by atoms with E-state index in [0.717, 1.165) is 25.7 Å². The summed E-state index contributed by atoms with van der Waals surface area (Å²) in [6.45, 7) is 5.28. The van der Waals surface area contributed by atoms with Crippen molar-refractivity contribution < 1.29 is 32.5 Å². The van der Waals surface area contributed by atoms with E-state index in [4.69, 9.17) is 18.5 Å². The molecule has 0 fully saturated rings. The Morgan fingerprint density at radius 3 is 1.03 bits per heavy atom. The first-order chi connectivity index (χ1) is 31.2. The molecule has 0 aromatic carbocycles. The van der Waals surface area contributed by atoms with Gasteiger partial charge in [-0.1, -0.05) is 258 Å². The van der Waals surface area contributed by atoms with Gasteiger partial charge in [-0.25, -0.2) is 0 Å². The maximum atomic E-state index is 12.4. The molecule has 0 heterocycles. The highest BCUT2D eigenvalue weighted by Gasteiger charge is 2.17. The minimum absolute atomic E-state index is 0.0773. The molecule has 0 aliphatic heterocycles. The van der Waals surface area contributed by atoms with Crippen molar-refractivity contribution in [3.63, 3.8) is 0 Å². The third kappa shape index (κ3) is 53.8. The molecule has 2 atom stereocenters. The summed E-state index contributed by atoms with van der Waals surface area (Å²) < 4.78 is 35.0. The molecule has 0 rings (SSSR count). The van der Waals surface area contributed by atoms with Crippen LogP contribution in [0.1, 0.15) is 284 Å². The molecule has 0 N–H and O–H groups in total. The molecule has 0 aliphatic rings. The molecule has 64 heavy (non-hydrogen) atoms. The second-order valence-corrected chi connectivity index (χ2v) is 21.8. The summed E-state index contributed by atoms with van der Waals surface area (Å²) in [6.07, 6.45) is 64.3. The average Bonchev–Trinajstić information content (AvgIpc) is 3.26. The van der Waals surface area contributed by atoms with Gasteiger partial charge in [0.2, 0.25) is 0 Å². The minimum Gasteiger partial charge on any atom is -0.756 e. The Hall–Kier alpha value is -0.850. The largest absolute Gasteiger partial charge is 0.756 e. The fourth-order valence-corrected chi connectivity index (χ4v) is 9.06. The predicted octanol–water partition coefficient (Wildman–Crippen LogP) is 18.0. The van der Waals surface area contributed by atoms with Crippen molar-refractivity contribution in [1.29, 1.82) is 0 Å². The number of ether oxygens (including phenoxy) is 2. The van der Waals surface area contributed by atoms with Crippen LogP contribution in [0.2, 0.25) is 0 Å². The van der Waals surface area contributed by atoms with Crippen molar-refractivity contribution in [2.24, 2.45) is 0 Å². The lowest BCUT2D eigenvalue weighted by atomic mass is 10.0. The summed E-state index contributed by atoms with van der Waals surface area (Å²) in [7, 11) is 1.54. The number of rotatable bonds is 54. The van der Waals surface area contributed by atoms with Crippen molar-refractivity contribution in [2.75, 3.05) is 47.5 Å². The SMILES string of the molecule is CCCCCCCCCCCCCCCCCCCCCCC=COC[C@H](COP(=O)([O-])OCC[N+](C)(C)C)OC=CCCCCCCCCCCCCCCCCCCCCCC. The summed E-state index contributed by atoms with van der Waals surface area (Å²) in [4.78, 5) is 12.4. The van der Waals surface area contributed by atoms with Crippen LogP contribution in [-0.2, 0) is 23.1 Å². The van der Waals surface area contributed by atoms with E-state index >= 15 is 0 Å². The molecule has 0 spiro atoms. The zero-order valence-corrected chi connectivity index (χ0v) is 44.7. The number of unbranched alkanes of at least 4 members (excludes halogenated alkanes) is 40. The third-order valence-electron chi connectivity index (χ3n) is 12.7. The van der Waals surface area contributed by atoms with Crippen molar-refractivity contribution in [3.8, 4) is 0 Å². The zero-order valence-electron chi connectivity index (χ0n) is 43.8. The van der Waals surface area contributed by atoms with Gasteiger partial charge in [0, 0.05) is 0 Å². The van der Waals surface area contributed by atoms with E-state index in [1.807, 2.05) is 27.2 Å². The molecule has 0 saturated heterocycles. The van der Waals surface area contributed by atoms with Crippen molar-refractivity contribution in [1.82, 2.24) is 0 Å². The molecule has 0 aliphatic carbocycles. The zero-order chi connectivity index (χ0) is 46.8. The summed E-state index contributed by atoms with van der Waals surface area (Å²) in [5.41, 5.74) is 0. The van der Waals surface area contributed by atoms with Gasteiger partial charge in [0.15, 0.2) is 6.10 Å². The third-order valence-corrected chi connectivity index (χ3v) is 13.7. The highest BCUT2D eigenvalue weighted by Crippen LogP contribution is 2.38. The lowest BCUT2D eigenvalue weighted by Crippen LogP contribution is -2.37. The maximum Gasteiger partial charge on any atom is 0.268 e. The van der Waals surface area contributed by atoms with Crippen LogP contribution in [0.25, 0.3) is 0 Å². The standard InChI is InChI=1S/C56H112NO6P/c1-6-8-10-12-14-16-18-20-22-24-26-28-30-32-34-36-38-40-42-44-46-48-51-60-54-56(55-63-64(58,59)62-53-50-57(3,4)5)61-52-49-47-45-43-41-39-37-35-33-31-29-27-25-23-21-19-17-15-13-11-9-7-2/h48-49,51-52,56H,6-47,50,53-55H2,1-5H3/t56-/m1/s1. The Morgan fingerprint density at radius 2 is 0.719 bits per heavy atom. The summed E-state index contributed by atoms with van der Waals surface area (Å²) in [5.74, 6) is 0. The normalized spacial score (nSPS) is 13.7. The predicted molar refractivity (Wildman–Crippen MR) is 277 cm³/mol. The number of quaternary nitrogens is 1. The molecular formula is C56H112NO6P. The Kier molecular flexibility index (Phi) is 49.4. The molecular weight excluding hydrogens is 814 g/mol. The number of phosphoric ester groups is 1. The molecule has 0 bridgehead atoms. The van der Waals surface area contributed by atoms with E-state index in [2.05, 4.69) is 19.9 Å². The molecule has 1 unspecified atom stereocenters. The molecule has 0 saturated carbocycles. The first-order valence-corrected chi connectivity index (χ1v) is 29.6. The Labute approximate surface area is 400 Å². The van der Waals surface area contributed by atoms with Gasteiger partial charge in [-0.05, 0) is 37.8 Å². The molecule has 0 radical (unpaired) electrons. The molecule has 0 aromatic rings. The van der Waals surface area contributed by atoms with Gasteiger partial charge in [-0.2, -0.15) is 0 Å². The van der Waals surface area contributed by atoms with Crippen LogP contribution in [0.5, 0.6) is 0 Å². The number of phosphoric acid groups is 1. The topological polar surface area (TPSA) is 77.1 Å². The second-order valence-electron chi connectivity index (χ2n) is 20.4. The van der Waals surface area contributed by atoms with Gasteiger partial charge >= 0.3 is 0 Å². The quantitative estimate of drug-likeness (QED) is 0.0262. The summed E-state index contributed by atoms with van der Waals surface area (Å²) >= 11 is 0. The van der Waals surface area contributed by atoms with Gasteiger partial charge in [0.25, 0.3) is 7.82 Å². The van der Waals surface area contributed by atoms with Crippen LogP contribution in [0.3, 0.4) is 0 Å². The Morgan fingerprint density at radius 1 is 0.422 bits per heavy atom. The van der Waals surface area contributed by atoms with Gasteiger partial charge in [-0.15, -0.1) is 0 Å². The van der Waals surface area contributed by atoms with Gasteiger partial charge in [0.05, 0.1) is 40.3 Å². The van der Waals surface area contributed by atoms with Crippen molar-refractivity contribution >= 4 is 7.82 Å². The molecule has 0 amide bonds. The average molecular weight is 926 g/mol. The lowest BCUT2D eigenvalue weighted by molar-refractivity contribution is -0.870. The monoisotopic (exact) mass is 926 g/mol. The van der Waals surface area contributed by atoms with Crippen LogP contribution < -0.4 is 4.89 Å². The number of hydrogen-bond donors (Lipinski definition) is 0. The summed E-state index contributed by atoms with van der Waals surface area (Å²) in [5, 5.41) is 0. The van der Waals surface area contributed by atoms with Gasteiger partial charge in [0.1, 0.15) is 19.8 Å². The number of likely N-dealkylation sites (N-methyl/N-ethyl adjacent to an activating group) is 1. The minimum atomic E-state index is -4.44. The van der Waals surface area contributed by atoms with Crippen molar-refractivity contribution in [3.05, 3.63) is 24.7 Å². The van der Waals surface area contributed by atoms with Crippen LogP contribution in [0.4, 0.5) is 0 Å². The fourth-order valence-electron chi connectivity index (χ4n) is 8.33. The van der Waals surface area contributed by atoms with Crippen LogP contribution in [-0.4, -0.2) is 58.1 Å². The second kappa shape index (κ2) is 50.0. The van der Waals surface area contributed by atoms with E-state index < -0.39 is 13.9 Å².